The highest BCUT2D eigenvalue weighted by Crippen LogP contribution is 2.14. The summed E-state index contributed by atoms with van der Waals surface area (Å²) in [6.07, 6.45) is 60.5. The summed E-state index contributed by atoms with van der Waals surface area (Å²) < 4.78 is 16.7. The first-order chi connectivity index (χ1) is 29.5. The maximum atomic E-state index is 12.7. The number of hydrogen-bond donors (Lipinski definition) is 0. The first-order valence-electron chi connectivity index (χ1n) is 24.9. The van der Waals surface area contributed by atoms with E-state index in [1.54, 1.807) is 0 Å². The first kappa shape index (κ1) is 56.9. The van der Waals surface area contributed by atoms with Crippen molar-refractivity contribution in [3.8, 4) is 0 Å². The second-order valence-corrected chi connectivity index (χ2v) is 16.3. The highest BCUT2D eigenvalue weighted by atomic mass is 16.6. The highest BCUT2D eigenvalue weighted by Gasteiger charge is 2.19. The van der Waals surface area contributed by atoms with Crippen molar-refractivity contribution in [3.63, 3.8) is 0 Å². The maximum Gasteiger partial charge on any atom is 0.306 e. The molecule has 0 fully saturated rings. The van der Waals surface area contributed by atoms with E-state index in [9.17, 15) is 14.4 Å². The summed E-state index contributed by atoms with van der Waals surface area (Å²) in [6.45, 7) is 6.42. The predicted octanol–water partition coefficient (Wildman–Crippen LogP) is 16.3. The van der Waals surface area contributed by atoms with E-state index in [1.165, 1.54) is 83.5 Å². The molecule has 0 aromatic carbocycles. The molecule has 0 amide bonds. The van der Waals surface area contributed by atoms with Gasteiger partial charge in [-0.05, 0) is 89.9 Å². The van der Waals surface area contributed by atoms with Crippen molar-refractivity contribution in [2.45, 2.75) is 239 Å². The molecule has 0 spiro atoms. The van der Waals surface area contributed by atoms with Crippen LogP contribution in [0.4, 0.5) is 0 Å². The van der Waals surface area contributed by atoms with Crippen LogP contribution in [0.25, 0.3) is 0 Å². The van der Waals surface area contributed by atoms with E-state index in [0.717, 1.165) is 109 Å². The Balaban J connectivity index is 4.22. The third kappa shape index (κ3) is 45.9. The molecule has 0 bridgehead atoms. The maximum absolute atomic E-state index is 12.7. The average Bonchev–Trinajstić information content (AvgIpc) is 3.24. The normalized spacial score (nSPS) is 12.7. The van der Waals surface area contributed by atoms with Gasteiger partial charge in [0.05, 0.1) is 0 Å². The van der Waals surface area contributed by atoms with Crippen LogP contribution in [0.5, 0.6) is 0 Å². The zero-order valence-electron chi connectivity index (χ0n) is 39.2. The second-order valence-electron chi connectivity index (χ2n) is 16.3. The van der Waals surface area contributed by atoms with E-state index in [4.69, 9.17) is 14.2 Å². The molecule has 0 saturated carbocycles. The zero-order valence-corrected chi connectivity index (χ0v) is 39.2. The molecular weight excluding hydrogens is 745 g/mol. The number of esters is 3. The lowest BCUT2D eigenvalue weighted by Gasteiger charge is -2.18. The van der Waals surface area contributed by atoms with Crippen LogP contribution in [0.3, 0.4) is 0 Å². The van der Waals surface area contributed by atoms with Crippen LogP contribution in [0.15, 0.2) is 72.9 Å². The summed E-state index contributed by atoms with van der Waals surface area (Å²) in [5.41, 5.74) is 0. The lowest BCUT2D eigenvalue weighted by atomic mass is 10.1. The lowest BCUT2D eigenvalue weighted by Crippen LogP contribution is -2.30. The average molecular weight is 837 g/mol. The Bertz CT molecular complexity index is 1140. The summed E-state index contributed by atoms with van der Waals surface area (Å²) in [4.78, 5) is 37.7. The Kier molecular flexibility index (Phi) is 46.0. The summed E-state index contributed by atoms with van der Waals surface area (Å²) in [5.74, 6) is -0.914. The number of allylic oxidation sites excluding steroid dienone is 12. The largest absolute Gasteiger partial charge is 0.462 e. The summed E-state index contributed by atoms with van der Waals surface area (Å²) in [6, 6.07) is 0. The summed E-state index contributed by atoms with van der Waals surface area (Å²) >= 11 is 0. The van der Waals surface area contributed by atoms with Gasteiger partial charge in [0, 0.05) is 19.3 Å². The molecule has 0 saturated heterocycles. The fourth-order valence-electron chi connectivity index (χ4n) is 6.70. The van der Waals surface area contributed by atoms with Crippen LogP contribution >= 0.6 is 0 Å². The van der Waals surface area contributed by atoms with Crippen LogP contribution in [-0.4, -0.2) is 37.2 Å². The van der Waals surface area contributed by atoms with Crippen LogP contribution in [0, 0.1) is 0 Å². The van der Waals surface area contributed by atoms with Crippen LogP contribution < -0.4 is 0 Å². The molecule has 6 nitrogen and oxygen atoms in total. The van der Waals surface area contributed by atoms with Crippen LogP contribution in [0.1, 0.15) is 233 Å². The monoisotopic (exact) mass is 837 g/mol. The van der Waals surface area contributed by atoms with Crippen LogP contribution in [0.2, 0.25) is 0 Å². The van der Waals surface area contributed by atoms with Gasteiger partial charge in [-0.25, -0.2) is 0 Å². The third-order valence-electron chi connectivity index (χ3n) is 10.4. The van der Waals surface area contributed by atoms with Gasteiger partial charge in [-0.15, -0.1) is 0 Å². The quantitative estimate of drug-likeness (QED) is 0.0263. The topological polar surface area (TPSA) is 78.9 Å². The number of ether oxygens (including phenoxy) is 3. The van der Waals surface area contributed by atoms with Crippen molar-refractivity contribution in [1.82, 2.24) is 0 Å². The van der Waals surface area contributed by atoms with Gasteiger partial charge in [0.25, 0.3) is 0 Å². The van der Waals surface area contributed by atoms with E-state index in [2.05, 4.69) is 93.7 Å². The Labute approximate surface area is 370 Å². The van der Waals surface area contributed by atoms with Gasteiger partial charge in [-0.2, -0.15) is 0 Å². The molecule has 0 rings (SSSR count). The number of rotatable bonds is 44. The molecule has 60 heavy (non-hydrogen) atoms. The van der Waals surface area contributed by atoms with E-state index in [1.807, 2.05) is 0 Å². The van der Waals surface area contributed by atoms with Gasteiger partial charge >= 0.3 is 17.9 Å². The standard InChI is InChI=1S/C54H92O6/c1-4-7-10-13-16-18-20-22-23-24-25-26-27-28-29-30-31-33-34-36-38-41-44-47-53(56)59-50-51(49-58-52(55)46-43-40-15-12-9-6-3)60-54(57)48-45-42-39-37-35-32-21-19-17-14-11-8-5-2/h7,10,16,18-19,21-23,25-26,28-29,51H,4-6,8-9,11-15,17,20,24,27,30-50H2,1-3H3/b10-7-,18-16-,21-19-,23-22-,26-25-,29-28-. The molecule has 0 aliphatic rings. The molecular formula is C54H92O6. The van der Waals surface area contributed by atoms with E-state index in [-0.39, 0.29) is 31.1 Å². The highest BCUT2D eigenvalue weighted by molar-refractivity contribution is 5.71. The minimum atomic E-state index is -0.779. The zero-order chi connectivity index (χ0) is 43.7. The van der Waals surface area contributed by atoms with Crippen molar-refractivity contribution >= 4 is 17.9 Å². The number of unbranched alkanes of at least 4 members (excludes halogenated alkanes) is 21. The Morgan fingerprint density at radius 1 is 0.350 bits per heavy atom. The molecule has 0 radical (unpaired) electrons. The van der Waals surface area contributed by atoms with Crippen molar-refractivity contribution in [3.05, 3.63) is 72.9 Å². The fraction of sp³-hybridized carbons (Fsp3) is 0.722. The third-order valence-corrected chi connectivity index (χ3v) is 10.4. The molecule has 344 valence electrons. The SMILES string of the molecule is CC/C=C\C/C=C\C/C=C\C/C=C\C/C=C\CCCCCCCCCC(=O)OCC(COC(=O)CCCCCCCC)OC(=O)CCCCCCC/C=C\CCCCCC. The molecule has 6 heteroatoms. The predicted molar refractivity (Wildman–Crippen MR) is 256 cm³/mol. The molecule has 0 aliphatic heterocycles. The Hall–Kier alpha value is -3.15. The Morgan fingerprint density at radius 3 is 1.05 bits per heavy atom. The molecule has 1 atom stereocenters. The van der Waals surface area contributed by atoms with Gasteiger partial charge < -0.3 is 14.2 Å². The Morgan fingerprint density at radius 2 is 0.650 bits per heavy atom. The smallest absolute Gasteiger partial charge is 0.306 e. The van der Waals surface area contributed by atoms with Crippen LogP contribution in [-0.2, 0) is 28.6 Å². The van der Waals surface area contributed by atoms with Gasteiger partial charge in [-0.1, -0.05) is 196 Å². The first-order valence-corrected chi connectivity index (χ1v) is 24.9. The van der Waals surface area contributed by atoms with Crippen molar-refractivity contribution in [1.29, 1.82) is 0 Å². The minimum Gasteiger partial charge on any atom is -0.462 e. The second kappa shape index (κ2) is 48.5. The molecule has 1 unspecified atom stereocenters. The molecule has 0 heterocycles. The van der Waals surface area contributed by atoms with E-state index >= 15 is 0 Å². The molecule has 0 aliphatic carbocycles. The van der Waals surface area contributed by atoms with Crippen molar-refractivity contribution < 1.29 is 28.6 Å². The van der Waals surface area contributed by atoms with Gasteiger partial charge in [0.15, 0.2) is 6.10 Å². The molecule has 0 aromatic heterocycles. The molecule has 0 N–H and O–H groups in total. The number of hydrogen-bond acceptors (Lipinski definition) is 6. The summed E-state index contributed by atoms with van der Waals surface area (Å²) in [7, 11) is 0. The van der Waals surface area contributed by atoms with Crippen molar-refractivity contribution in [2.24, 2.45) is 0 Å². The van der Waals surface area contributed by atoms with Gasteiger partial charge in [0.1, 0.15) is 13.2 Å². The van der Waals surface area contributed by atoms with Gasteiger partial charge in [0.2, 0.25) is 0 Å². The van der Waals surface area contributed by atoms with Gasteiger partial charge in [-0.3, -0.25) is 14.4 Å². The number of carbonyl (C=O) groups is 3. The van der Waals surface area contributed by atoms with E-state index in [0.29, 0.717) is 19.3 Å². The summed E-state index contributed by atoms with van der Waals surface area (Å²) in [5, 5.41) is 0. The number of carbonyl (C=O) groups excluding carboxylic acids is 3. The molecule has 0 aromatic rings. The fourth-order valence-corrected chi connectivity index (χ4v) is 6.70. The van der Waals surface area contributed by atoms with Crippen molar-refractivity contribution in [2.75, 3.05) is 13.2 Å². The van der Waals surface area contributed by atoms with E-state index < -0.39 is 6.10 Å². The minimum absolute atomic E-state index is 0.0825. The lowest BCUT2D eigenvalue weighted by molar-refractivity contribution is -0.167.